The maximum absolute atomic E-state index is 12.6. The summed E-state index contributed by atoms with van der Waals surface area (Å²) in [5.41, 5.74) is 8.01. The van der Waals surface area contributed by atoms with Gasteiger partial charge in [-0.05, 0) is 61.1 Å². The van der Waals surface area contributed by atoms with Crippen LogP contribution in [0.3, 0.4) is 0 Å². The average molecular weight is 423 g/mol. The number of carbonyl (C=O) groups is 1. The van der Waals surface area contributed by atoms with Gasteiger partial charge in [-0.3, -0.25) is 4.79 Å². The molecule has 1 aliphatic rings. The molecule has 0 radical (unpaired) electrons. The topological polar surface area (TPSA) is 55.6 Å². The molecule has 1 saturated heterocycles. The molecule has 4 nitrogen and oxygen atoms in total. The Labute approximate surface area is 178 Å². The van der Waals surface area contributed by atoms with Gasteiger partial charge in [-0.2, -0.15) is 0 Å². The van der Waals surface area contributed by atoms with E-state index in [1.165, 1.54) is 0 Å². The van der Waals surface area contributed by atoms with Crippen molar-refractivity contribution >= 4 is 29.9 Å². The van der Waals surface area contributed by atoms with Crippen molar-refractivity contribution in [1.82, 2.24) is 4.90 Å². The van der Waals surface area contributed by atoms with Crippen molar-refractivity contribution in [3.8, 4) is 5.75 Å². The molecule has 6 heteroatoms. The Kier molecular flexibility index (Phi) is 8.61. The molecule has 0 bridgehead atoms. The molecule has 2 aromatic carbocycles. The van der Waals surface area contributed by atoms with Crippen LogP contribution in [0.5, 0.6) is 5.75 Å². The van der Waals surface area contributed by atoms with Gasteiger partial charge in [0.05, 0.1) is 6.42 Å². The van der Waals surface area contributed by atoms with E-state index in [0.717, 1.165) is 42.8 Å². The van der Waals surface area contributed by atoms with Gasteiger partial charge in [0.1, 0.15) is 12.4 Å². The molecule has 1 heterocycles. The van der Waals surface area contributed by atoms with E-state index in [9.17, 15) is 4.79 Å². The summed E-state index contributed by atoms with van der Waals surface area (Å²) < 4.78 is 5.86. The predicted molar refractivity (Wildman–Crippen MR) is 116 cm³/mol. The minimum absolute atomic E-state index is 0. The number of hydrogen-bond acceptors (Lipinski definition) is 3. The number of nitrogens with two attached hydrogens (primary N) is 1. The van der Waals surface area contributed by atoms with Gasteiger partial charge in [0, 0.05) is 24.2 Å². The fraction of sp³-hybridized carbons (Fsp3) is 0.409. The van der Waals surface area contributed by atoms with Crippen molar-refractivity contribution in [3.63, 3.8) is 0 Å². The first-order valence-corrected chi connectivity index (χ1v) is 9.88. The molecule has 0 aromatic heterocycles. The van der Waals surface area contributed by atoms with Crippen LogP contribution in [0, 0.1) is 5.92 Å². The summed E-state index contributed by atoms with van der Waals surface area (Å²) >= 11 is 5.90. The average Bonchev–Trinajstić information content (AvgIpc) is 2.68. The third kappa shape index (κ3) is 6.40. The molecule has 0 spiro atoms. The first-order valence-electron chi connectivity index (χ1n) is 9.51. The van der Waals surface area contributed by atoms with Gasteiger partial charge >= 0.3 is 0 Å². The zero-order valence-electron chi connectivity index (χ0n) is 16.1. The normalized spacial score (nSPS) is 15.6. The second-order valence-electron chi connectivity index (χ2n) is 7.32. The van der Waals surface area contributed by atoms with Crippen molar-refractivity contribution in [3.05, 3.63) is 64.7 Å². The summed E-state index contributed by atoms with van der Waals surface area (Å²) in [5, 5.41) is 0.712. The maximum atomic E-state index is 12.6. The van der Waals surface area contributed by atoms with Crippen LogP contribution in [0.15, 0.2) is 48.5 Å². The molecule has 3 rings (SSSR count). The summed E-state index contributed by atoms with van der Waals surface area (Å²) in [5.74, 6) is 1.47. The molecule has 1 aliphatic heterocycles. The van der Waals surface area contributed by atoms with E-state index < -0.39 is 0 Å². The van der Waals surface area contributed by atoms with E-state index in [-0.39, 0.29) is 24.4 Å². The molecule has 2 N–H and O–H groups in total. The first-order chi connectivity index (χ1) is 13.0. The first kappa shape index (κ1) is 22.5. The second kappa shape index (κ2) is 10.7. The Morgan fingerprint density at radius 3 is 2.50 bits per heavy atom. The number of benzene rings is 2. The Hall–Kier alpha value is -1.75. The Bertz CT molecular complexity index is 757. The van der Waals surface area contributed by atoms with Gasteiger partial charge in [-0.25, -0.2) is 0 Å². The highest BCUT2D eigenvalue weighted by molar-refractivity contribution is 6.30. The number of nitrogens with zero attached hydrogens (tertiary/aromatic N) is 1. The van der Waals surface area contributed by atoms with Gasteiger partial charge in [0.15, 0.2) is 0 Å². The van der Waals surface area contributed by atoms with Crippen molar-refractivity contribution in [2.45, 2.75) is 38.8 Å². The van der Waals surface area contributed by atoms with Crippen LogP contribution in [0.4, 0.5) is 0 Å². The Balaban J connectivity index is 0.00000280. The summed E-state index contributed by atoms with van der Waals surface area (Å²) in [7, 11) is 0. The highest BCUT2D eigenvalue weighted by atomic mass is 35.5. The van der Waals surface area contributed by atoms with Crippen molar-refractivity contribution in [2.24, 2.45) is 11.7 Å². The van der Waals surface area contributed by atoms with Crippen molar-refractivity contribution < 1.29 is 9.53 Å². The number of ether oxygens (including phenoxy) is 1. The molecule has 1 atom stereocenters. The van der Waals surface area contributed by atoms with Crippen molar-refractivity contribution in [1.29, 1.82) is 0 Å². The number of hydrogen-bond donors (Lipinski definition) is 1. The standard InChI is InChI=1S/C22H27ClN2O2.ClH/c1-16(24)19-9-11-25(12-10-19)22(26)14-18-3-2-4-21(13-18)27-15-17-5-7-20(23)8-6-17;/h2-8,13,16,19H,9-12,14-15,24H2,1H3;1H. The molecule has 152 valence electrons. The maximum Gasteiger partial charge on any atom is 0.226 e. The van der Waals surface area contributed by atoms with Crippen LogP contribution < -0.4 is 10.5 Å². The number of halogens is 2. The summed E-state index contributed by atoms with van der Waals surface area (Å²) in [6, 6.07) is 15.6. The van der Waals surface area contributed by atoms with E-state index in [1.54, 1.807) is 0 Å². The number of likely N-dealkylation sites (tertiary alicyclic amines) is 1. The van der Waals surface area contributed by atoms with Gasteiger partial charge in [-0.1, -0.05) is 35.9 Å². The minimum Gasteiger partial charge on any atom is -0.489 e. The summed E-state index contributed by atoms with van der Waals surface area (Å²) in [6.45, 7) is 4.13. The predicted octanol–water partition coefficient (Wildman–Crippen LogP) is 4.47. The Morgan fingerprint density at radius 2 is 1.86 bits per heavy atom. The molecular formula is C22H28Cl2N2O2. The van der Waals surface area contributed by atoms with Gasteiger partial charge in [0.25, 0.3) is 0 Å². The van der Waals surface area contributed by atoms with E-state index in [4.69, 9.17) is 22.1 Å². The lowest BCUT2D eigenvalue weighted by molar-refractivity contribution is -0.131. The number of rotatable bonds is 6. The smallest absolute Gasteiger partial charge is 0.226 e. The van der Waals surface area contributed by atoms with Crippen molar-refractivity contribution in [2.75, 3.05) is 13.1 Å². The van der Waals surface area contributed by atoms with E-state index >= 15 is 0 Å². The second-order valence-corrected chi connectivity index (χ2v) is 7.75. The van der Waals surface area contributed by atoms with Gasteiger partial charge in [-0.15, -0.1) is 12.4 Å². The van der Waals surface area contributed by atoms with Crippen LogP contribution >= 0.6 is 24.0 Å². The lowest BCUT2D eigenvalue weighted by Crippen LogP contribution is -2.43. The molecule has 1 unspecified atom stereocenters. The zero-order chi connectivity index (χ0) is 19.2. The number of amides is 1. The van der Waals surface area contributed by atoms with Gasteiger partial charge in [0.2, 0.25) is 5.91 Å². The monoisotopic (exact) mass is 422 g/mol. The summed E-state index contributed by atoms with van der Waals surface area (Å²) in [4.78, 5) is 14.6. The zero-order valence-corrected chi connectivity index (χ0v) is 17.7. The molecule has 0 saturated carbocycles. The lowest BCUT2D eigenvalue weighted by Gasteiger charge is -2.33. The molecule has 0 aliphatic carbocycles. The van der Waals surface area contributed by atoms with Gasteiger partial charge < -0.3 is 15.4 Å². The fourth-order valence-corrected chi connectivity index (χ4v) is 3.58. The van der Waals surface area contributed by atoms with Crippen LogP contribution in [-0.4, -0.2) is 29.9 Å². The third-order valence-electron chi connectivity index (χ3n) is 5.21. The quantitative estimate of drug-likeness (QED) is 0.746. The Morgan fingerprint density at radius 1 is 1.18 bits per heavy atom. The molecule has 28 heavy (non-hydrogen) atoms. The highest BCUT2D eigenvalue weighted by Crippen LogP contribution is 2.21. The van der Waals surface area contributed by atoms with Crippen LogP contribution in [-0.2, 0) is 17.8 Å². The molecule has 2 aromatic rings. The number of carbonyl (C=O) groups excluding carboxylic acids is 1. The van der Waals surface area contributed by atoms with E-state index in [1.807, 2.05) is 53.4 Å². The van der Waals surface area contributed by atoms with Crippen LogP contribution in [0.25, 0.3) is 0 Å². The molecule has 1 amide bonds. The van der Waals surface area contributed by atoms with Crippen LogP contribution in [0.1, 0.15) is 30.9 Å². The minimum atomic E-state index is 0. The molecular weight excluding hydrogens is 395 g/mol. The highest BCUT2D eigenvalue weighted by Gasteiger charge is 2.24. The SMILES string of the molecule is CC(N)C1CCN(C(=O)Cc2cccc(OCc3ccc(Cl)cc3)c2)CC1.Cl. The van der Waals surface area contributed by atoms with E-state index in [0.29, 0.717) is 24.0 Å². The third-order valence-corrected chi connectivity index (χ3v) is 5.46. The lowest BCUT2D eigenvalue weighted by atomic mass is 9.91. The molecule has 1 fully saturated rings. The largest absolute Gasteiger partial charge is 0.489 e. The summed E-state index contributed by atoms with van der Waals surface area (Å²) in [6.07, 6.45) is 2.39. The number of piperidine rings is 1. The van der Waals surface area contributed by atoms with Crippen LogP contribution in [0.2, 0.25) is 5.02 Å². The fourth-order valence-electron chi connectivity index (χ4n) is 3.45. The van der Waals surface area contributed by atoms with E-state index in [2.05, 4.69) is 6.92 Å².